The highest BCUT2D eigenvalue weighted by Crippen LogP contribution is 2.23. The van der Waals surface area contributed by atoms with Crippen molar-refractivity contribution in [2.45, 2.75) is 0 Å². The molecule has 2 aromatic heterocycles. The molecule has 5 heteroatoms. The fourth-order valence-electron chi connectivity index (χ4n) is 3.00. The lowest BCUT2D eigenvalue weighted by molar-refractivity contribution is 0.0992. The van der Waals surface area contributed by atoms with Gasteiger partial charge in [0.2, 0.25) is 0 Å². The molecule has 0 aliphatic carbocycles. The van der Waals surface area contributed by atoms with Crippen LogP contribution in [0.1, 0.15) is 15.9 Å². The molecule has 0 N–H and O–H groups in total. The van der Waals surface area contributed by atoms with Crippen LogP contribution < -0.4 is 4.90 Å². The Morgan fingerprint density at radius 2 is 1.78 bits per heavy atom. The van der Waals surface area contributed by atoms with Crippen LogP contribution in [0.25, 0.3) is 16.9 Å². The second-order valence-corrected chi connectivity index (χ2v) is 6.18. The summed E-state index contributed by atoms with van der Waals surface area (Å²) in [7, 11) is 1.76. The Balaban J connectivity index is 1.73. The van der Waals surface area contributed by atoms with Gasteiger partial charge in [-0.1, -0.05) is 30.3 Å². The van der Waals surface area contributed by atoms with Gasteiger partial charge in [-0.05, 0) is 36.4 Å². The van der Waals surface area contributed by atoms with E-state index in [1.54, 1.807) is 42.5 Å². The van der Waals surface area contributed by atoms with Gasteiger partial charge in [-0.25, -0.2) is 4.98 Å². The molecule has 0 aliphatic heterocycles. The summed E-state index contributed by atoms with van der Waals surface area (Å²) in [6, 6.07) is 22.6. The maximum absolute atomic E-state index is 12.9. The number of imidazole rings is 1. The van der Waals surface area contributed by atoms with Gasteiger partial charge in [0.15, 0.2) is 0 Å². The number of carbonyl (C=O) groups excluding carboxylic acids is 1. The molecule has 0 fully saturated rings. The zero-order chi connectivity index (χ0) is 18.8. The number of hydrogen-bond donors (Lipinski definition) is 0. The lowest BCUT2D eigenvalue weighted by Crippen LogP contribution is -2.26. The number of anilines is 1. The summed E-state index contributed by atoms with van der Waals surface area (Å²) >= 11 is 0. The molecule has 27 heavy (non-hydrogen) atoms. The van der Waals surface area contributed by atoms with Crippen molar-refractivity contribution in [1.29, 1.82) is 5.26 Å². The number of rotatable bonds is 3. The van der Waals surface area contributed by atoms with E-state index in [4.69, 9.17) is 5.26 Å². The quantitative estimate of drug-likeness (QED) is 0.556. The normalized spacial score (nSPS) is 10.5. The highest BCUT2D eigenvalue weighted by Gasteiger charge is 2.15. The van der Waals surface area contributed by atoms with Crippen molar-refractivity contribution in [1.82, 2.24) is 9.38 Å². The molecule has 0 saturated carbocycles. The predicted octanol–water partition coefficient (Wildman–Crippen LogP) is 4.15. The zero-order valence-corrected chi connectivity index (χ0v) is 14.7. The molecule has 0 saturated heterocycles. The molecule has 2 aromatic carbocycles. The summed E-state index contributed by atoms with van der Waals surface area (Å²) in [4.78, 5) is 18.9. The van der Waals surface area contributed by atoms with E-state index in [-0.39, 0.29) is 5.91 Å². The van der Waals surface area contributed by atoms with Crippen molar-refractivity contribution in [3.8, 4) is 17.3 Å². The van der Waals surface area contributed by atoms with Gasteiger partial charge >= 0.3 is 0 Å². The van der Waals surface area contributed by atoms with Gasteiger partial charge < -0.3 is 4.90 Å². The SMILES string of the molecule is CN(C(=O)c1ccc2ncc(-c3ccc(C#N)cc3)n2c1)c1ccccc1. The summed E-state index contributed by atoms with van der Waals surface area (Å²) < 4.78 is 1.90. The van der Waals surface area contributed by atoms with Crippen LogP contribution in [0.5, 0.6) is 0 Å². The van der Waals surface area contributed by atoms with E-state index >= 15 is 0 Å². The third-order valence-corrected chi connectivity index (χ3v) is 4.51. The van der Waals surface area contributed by atoms with E-state index in [1.807, 2.05) is 52.9 Å². The molecule has 0 unspecified atom stereocenters. The Morgan fingerprint density at radius 1 is 1.04 bits per heavy atom. The highest BCUT2D eigenvalue weighted by molar-refractivity contribution is 6.05. The number of para-hydroxylation sites is 1. The van der Waals surface area contributed by atoms with Crippen LogP contribution in [0, 0.1) is 11.3 Å². The van der Waals surface area contributed by atoms with Crippen molar-refractivity contribution < 1.29 is 4.79 Å². The topological polar surface area (TPSA) is 61.4 Å². The monoisotopic (exact) mass is 352 g/mol. The lowest BCUT2D eigenvalue weighted by atomic mass is 10.1. The lowest BCUT2D eigenvalue weighted by Gasteiger charge is -2.17. The third-order valence-electron chi connectivity index (χ3n) is 4.51. The second-order valence-electron chi connectivity index (χ2n) is 6.18. The first-order valence-electron chi connectivity index (χ1n) is 8.48. The summed E-state index contributed by atoms with van der Waals surface area (Å²) in [5.74, 6) is -0.0948. The summed E-state index contributed by atoms with van der Waals surface area (Å²) in [5.41, 5.74) is 4.57. The molecule has 130 valence electrons. The number of fused-ring (bicyclic) bond motifs is 1. The van der Waals surface area contributed by atoms with E-state index in [9.17, 15) is 4.79 Å². The Bertz CT molecular complexity index is 1150. The van der Waals surface area contributed by atoms with Gasteiger partial charge in [0.1, 0.15) is 5.65 Å². The molecular formula is C22H16N4O. The van der Waals surface area contributed by atoms with Gasteiger partial charge in [0.05, 0.1) is 29.1 Å². The van der Waals surface area contributed by atoms with Crippen LogP contribution in [-0.2, 0) is 0 Å². The van der Waals surface area contributed by atoms with Gasteiger partial charge in [0, 0.05) is 24.5 Å². The zero-order valence-electron chi connectivity index (χ0n) is 14.7. The molecule has 4 aromatic rings. The van der Waals surface area contributed by atoms with Crippen LogP contribution in [0.3, 0.4) is 0 Å². The number of aromatic nitrogens is 2. The maximum atomic E-state index is 12.9. The molecule has 0 bridgehead atoms. The fourth-order valence-corrected chi connectivity index (χ4v) is 3.00. The van der Waals surface area contributed by atoms with Crippen molar-refractivity contribution in [2.24, 2.45) is 0 Å². The van der Waals surface area contributed by atoms with E-state index in [1.165, 1.54) is 0 Å². The summed E-state index contributed by atoms with van der Waals surface area (Å²) in [5, 5.41) is 8.96. The van der Waals surface area contributed by atoms with Crippen molar-refractivity contribution in [3.05, 3.63) is 90.3 Å². The largest absolute Gasteiger partial charge is 0.311 e. The van der Waals surface area contributed by atoms with E-state index < -0.39 is 0 Å². The smallest absolute Gasteiger partial charge is 0.259 e. The van der Waals surface area contributed by atoms with Crippen molar-refractivity contribution >= 4 is 17.2 Å². The van der Waals surface area contributed by atoms with Gasteiger partial charge in [-0.15, -0.1) is 0 Å². The second kappa shape index (κ2) is 6.77. The first-order chi connectivity index (χ1) is 13.2. The summed E-state index contributed by atoms with van der Waals surface area (Å²) in [6.07, 6.45) is 3.57. The Morgan fingerprint density at radius 3 is 2.48 bits per heavy atom. The molecule has 0 aliphatic rings. The number of benzene rings is 2. The molecule has 5 nitrogen and oxygen atoms in total. The van der Waals surface area contributed by atoms with Crippen LogP contribution in [0.15, 0.2) is 79.1 Å². The molecule has 1 amide bonds. The average molecular weight is 352 g/mol. The predicted molar refractivity (Wildman–Crippen MR) is 105 cm³/mol. The van der Waals surface area contributed by atoms with E-state index in [0.717, 1.165) is 22.6 Å². The number of amides is 1. The number of carbonyl (C=O) groups is 1. The number of pyridine rings is 1. The maximum Gasteiger partial charge on any atom is 0.259 e. The minimum absolute atomic E-state index is 0.0948. The molecule has 0 radical (unpaired) electrons. The minimum Gasteiger partial charge on any atom is -0.311 e. The van der Waals surface area contributed by atoms with Crippen LogP contribution in [0.2, 0.25) is 0 Å². The van der Waals surface area contributed by atoms with Crippen LogP contribution >= 0.6 is 0 Å². The van der Waals surface area contributed by atoms with Crippen molar-refractivity contribution in [3.63, 3.8) is 0 Å². The number of nitriles is 1. The van der Waals surface area contributed by atoms with Crippen molar-refractivity contribution in [2.75, 3.05) is 11.9 Å². The molecular weight excluding hydrogens is 336 g/mol. The fraction of sp³-hybridized carbons (Fsp3) is 0.0455. The van der Waals surface area contributed by atoms with E-state index in [2.05, 4.69) is 11.1 Å². The molecule has 4 rings (SSSR count). The Labute approximate surface area is 156 Å². The van der Waals surface area contributed by atoms with Gasteiger partial charge in [-0.2, -0.15) is 5.26 Å². The summed E-state index contributed by atoms with van der Waals surface area (Å²) in [6.45, 7) is 0. The van der Waals surface area contributed by atoms with E-state index in [0.29, 0.717) is 11.1 Å². The first kappa shape index (κ1) is 16.6. The number of hydrogen-bond acceptors (Lipinski definition) is 3. The van der Waals surface area contributed by atoms with Crippen LogP contribution in [0.4, 0.5) is 5.69 Å². The van der Waals surface area contributed by atoms with Crippen LogP contribution in [-0.4, -0.2) is 22.3 Å². The van der Waals surface area contributed by atoms with Gasteiger partial charge in [-0.3, -0.25) is 9.20 Å². The first-order valence-corrected chi connectivity index (χ1v) is 8.48. The third kappa shape index (κ3) is 3.05. The number of nitrogens with zero attached hydrogens (tertiary/aromatic N) is 4. The highest BCUT2D eigenvalue weighted by atomic mass is 16.2. The molecule has 0 atom stereocenters. The average Bonchev–Trinajstić information content (AvgIpc) is 3.16. The molecule has 0 spiro atoms. The standard InChI is InChI=1S/C22H16N4O/c1-25(19-5-3-2-4-6-19)22(27)18-11-12-21-24-14-20(26(21)15-18)17-9-7-16(13-23)8-10-17/h2-12,14-15H,1H3. The van der Waals surface area contributed by atoms with Gasteiger partial charge in [0.25, 0.3) is 5.91 Å². The Kier molecular flexibility index (Phi) is 4.15. The Hall–Kier alpha value is -3.91. The molecule has 2 heterocycles. The minimum atomic E-state index is -0.0948.